The molecular formula is C24H23ClN6O2S. The molecule has 0 atom stereocenters. The van der Waals surface area contributed by atoms with Crippen molar-refractivity contribution in [1.29, 1.82) is 0 Å². The molecule has 3 heterocycles. The Kier molecular flexibility index (Phi) is 6.32. The molecule has 0 saturated carbocycles. The van der Waals surface area contributed by atoms with Crippen molar-refractivity contribution < 1.29 is 4.79 Å². The molecular weight excluding hydrogens is 472 g/mol. The van der Waals surface area contributed by atoms with E-state index in [4.69, 9.17) is 11.6 Å². The molecule has 1 N–H and O–H groups in total. The Morgan fingerprint density at radius 3 is 2.62 bits per heavy atom. The molecule has 0 bridgehead atoms. The van der Waals surface area contributed by atoms with Crippen molar-refractivity contribution in [3.05, 3.63) is 81.2 Å². The first-order valence-corrected chi connectivity index (χ1v) is 12.2. The summed E-state index contributed by atoms with van der Waals surface area (Å²) in [6, 6.07) is 16.6. The van der Waals surface area contributed by atoms with Gasteiger partial charge in [-0.05, 0) is 24.6 Å². The topological polar surface area (TPSA) is 82.8 Å². The molecule has 0 unspecified atom stereocenters. The molecule has 34 heavy (non-hydrogen) atoms. The average Bonchev–Trinajstić information content (AvgIpc) is 3.28. The number of hydrogen-bond donors (Lipinski definition) is 1. The van der Waals surface area contributed by atoms with Crippen LogP contribution in [0, 0.1) is 6.92 Å². The number of urea groups is 1. The third kappa shape index (κ3) is 4.68. The van der Waals surface area contributed by atoms with Crippen LogP contribution < -0.4 is 10.9 Å². The maximum Gasteiger partial charge on any atom is 0.321 e. The number of amides is 2. The predicted molar refractivity (Wildman–Crippen MR) is 135 cm³/mol. The summed E-state index contributed by atoms with van der Waals surface area (Å²) in [5, 5.41) is 8.77. The first-order chi connectivity index (χ1) is 16.5. The Labute approximate surface area is 205 Å². The number of halogens is 1. The highest BCUT2D eigenvalue weighted by Crippen LogP contribution is 2.25. The molecule has 1 fully saturated rings. The second-order valence-corrected chi connectivity index (χ2v) is 9.52. The van der Waals surface area contributed by atoms with Gasteiger partial charge in [-0.25, -0.2) is 9.78 Å². The highest BCUT2D eigenvalue weighted by molar-refractivity contribution is 7.19. The predicted octanol–water partition coefficient (Wildman–Crippen LogP) is 4.13. The first-order valence-electron chi connectivity index (χ1n) is 11.0. The van der Waals surface area contributed by atoms with Gasteiger partial charge in [0.2, 0.25) is 4.96 Å². The number of benzene rings is 2. The SMILES string of the molecule is Cc1c(Cl)cccc1NC(=O)N1CCN(Cc2cc(=O)n3nc(-c4ccccc4)sc3n2)CC1. The Bertz CT molecular complexity index is 1400. The minimum Gasteiger partial charge on any atom is -0.322 e. The lowest BCUT2D eigenvalue weighted by molar-refractivity contribution is 0.142. The Morgan fingerprint density at radius 2 is 1.85 bits per heavy atom. The van der Waals surface area contributed by atoms with Crippen LogP contribution in [0.5, 0.6) is 0 Å². The average molecular weight is 495 g/mol. The third-order valence-electron chi connectivity index (χ3n) is 5.87. The Hall–Kier alpha value is -3.27. The molecule has 2 amide bonds. The maximum atomic E-state index is 12.7. The number of nitrogens with one attached hydrogen (secondary N) is 1. The van der Waals surface area contributed by atoms with Crippen molar-refractivity contribution in [3.63, 3.8) is 0 Å². The van der Waals surface area contributed by atoms with Gasteiger partial charge >= 0.3 is 6.03 Å². The normalized spacial score (nSPS) is 14.5. The van der Waals surface area contributed by atoms with Gasteiger partial charge in [-0.15, -0.1) is 0 Å². The van der Waals surface area contributed by atoms with E-state index in [0.717, 1.165) is 21.8 Å². The molecule has 0 radical (unpaired) electrons. The zero-order valence-electron chi connectivity index (χ0n) is 18.6. The Morgan fingerprint density at radius 1 is 1.09 bits per heavy atom. The van der Waals surface area contributed by atoms with Crippen molar-refractivity contribution >= 4 is 39.6 Å². The van der Waals surface area contributed by atoms with E-state index in [2.05, 4.69) is 20.3 Å². The molecule has 5 rings (SSSR count). The zero-order chi connectivity index (χ0) is 23.7. The van der Waals surface area contributed by atoms with Gasteiger partial charge in [0.25, 0.3) is 5.56 Å². The summed E-state index contributed by atoms with van der Waals surface area (Å²) in [6.07, 6.45) is 0. The van der Waals surface area contributed by atoms with Crippen LogP contribution in [0.4, 0.5) is 10.5 Å². The van der Waals surface area contributed by atoms with Gasteiger partial charge in [-0.3, -0.25) is 9.69 Å². The van der Waals surface area contributed by atoms with Crippen LogP contribution in [0.3, 0.4) is 0 Å². The first kappa shape index (κ1) is 22.5. The molecule has 2 aromatic heterocycles. The molecule has 174 valence electrons. The number of hydrogen-bond acceptors (Lipinski definition) is 6. The van der Waals surface area contributed by atoms with E-state index in [-0.39, 0.29) is 11.6 Å². The van der Waals surface area contributed by atoms with Crippen molar-refractivity contribution in [2.45, 2.75) is 13.5 Å². The number of fused-ring (bicyclic) bond motifs is 1. The summed E-state index contributed by atoms with van der Waals surface area (Å²) >= 11 is 7.55. The summed E-state index contributed by atoms with van der Waals surface area (Å²) in [4.78, 5) is 34.6. The molecule has 1 aliphatic heterocycles. The minimum atomic E-state index is -0.187. The van der Waals surface area contributed by atoms with E-state index in [1.54, 1.807) is 17.0 Å². The lowest BCUT2D eigenvalue weighted by Crippen LogP contribution is -2.49. The number of aromatic nitrogens is 3. The fraction of sp³-hybridized carbons (Fsp3) is 0.250. The van der Waals surface area contributed by atoms with Crippen molar-refractivity contribution in [1.82, 2.24) is 24.4 Å². The van der Waals surface area contributed by atoms with Crippen molar-refractivity contribution in [3.8, 4) is 10.6 Å². The van der Waals surface area contributed by atoms with Gasteiger partial charge in [-0.2, -0.15) is 9.61 Å². The van der Waals surface area contributed by atoms with Crippen molar-refractivity contribution in [2.24, 2.45) is 0 Å². The second kappa shape index (κ2) is 9.54. The molecule has 1 saturated heterocycles. The van der Waals surface area contributed by atoms with E-state index in [1.807, 2.05) is 49.4 Å². The van der Waals surface area contributed by atoms with Gasteiger partial charge in [0.05, 0.1) is 5.69 Å². The number of carbonyl (C=O) groups is 1. The number of carbonyl (C=O) groups excluding carboxylic acids is 1. The number of nitrogens with zero attached hydrogens (tertiary/aromatic N) is 5. The van der Waals surface area contributed by atoms with E-state index >= 15 is 0 Å². The van der Waals surface area contributed by atoms with E-state index in [1.165, 1.54) is 15.9 Å². The van der Waals surface area contributed by atoms with Gasteiger partial charge in [0, 0.05) is 55.1 Å². The van der Waals surface area contributed by atoms with Crippen LogP contribution in [0.15, 0.2) is 59.4 Å². The van der Waals surface area contributed by atoms with Gasteiger partial charge in [-0.1, -0.05) is 59.3 Å². The number of rotatable bonds is 4. The van der Waals surface area contributed by atoms with E-state index in [9.17, 15) is 9.59 Å². The van der Waals surface area contributed by atoms with Crippen LogP contribution in [0.1, 0.15) is 11.3 Å². The third-order valence-corrected chi connectivity index (χ3v) is 7.24. The van der Waals surface area contributed by atoms with Gasteiger partial charge in [0.1, 0.15) is 5.01 Å². The summed E-state index contributed by atoms with van der Waals surface area (Å²) in [5.74, 6) is 0. The summed E-state index contributed by atoms with van der Waals surface area (Å²) in [6.45, 7) is 5.00. The van der Waals surface area contributed by atoms with Gasteiger partial charge < -0.3 is 10.2 Å². The quantitative estimate of drug-likeness (QED) is 0.461. The fourth-order valence-electron chi connectivity index (χ4n) is 3.91. The zero-order valence-corrected chi connectivity index (χ0v) is 20.1. The maximum absolute atomic E-state index is 12.7. The van der Waals surface area contributed by atoms with E-state index in [0.29, 0.717) is 48.4 Å². The van der Waals surface area contributed by atoms with Gasteiger partial charge in [0.15, 0.2) is 0 Å². The fourth-order valence-corrected chi connectivity index (χ4v) is 5.01. The lowest BCUT2D eigenvalue weighted by atomic mass is 10.2. The molecule has 1 aliphatic rings. The standard InChI is InChI=1S/C24H23ClN6O2S/c1-16-19(25)8-5-9-20(16)27-23(33)30-12-10-29(11-13-30)15-18-14-21(32)31-24(26-18)34-22(28-31)17-6-3-2-4-7-17/h2-9,14H,10-13,15H2,1H3,(H,27,33). The summed E-state index contributed by atoms with van der Waals surface area (Å²) < 4.78 is 1.36. The van der Waals surface area contributed by atoms with Crippen LogP contribution in [-0.2, 0) is 6.54 Å². The smallest absolute Gasteiger partial charge is 0.321 e. The monoisotopic (exact) mass is 494 g/mol. The highest BCUT2D eigenvalue weighted by atomic mass is 35.5. The summed E-state index contributed by atoms with van der Waals surface area (Å²) in [5.41, 5.74) is 3.05. The molecule has 0 aliphatic carbocycles. The Balaban J connectivity index is 1.23. The molecule has 0 spiro atoms. The minimum absolute atomic E-state index is 0.138. The number of piperazine rings is 1. The van der Waals surface area contributed by atoms with Crippen LogP contribution in [0.25, 0.3) is 15.5 Å². The van der Waals surface area contributed by atoms with Crippen LogP contribution >= 0.6 is 22.9 Å². The van der Waals surface area contributed by atoms with Crippen LogP contribution in [0.2, 0.25) is 5.02 Å². The molecule has 8 nitrogen and oxygen atoms in total. The summed E-state index contributed by atoms with van der Waals surface area (Å²) in [7, 11) is 0. The molecule has 10 heteroatoms. The molecule has 2 aromatic carbocycles. The van der Waals surface area contributed by atoms with Crippen molar-refractivity contribution in [2.75, 3.05) is 31.5 Å². The number of anilines is 1. The lowest BCUT2D eigenvalue weighted by Gasteiger charge is -2.34. The largest absolute Gasteiger partial charge is 0.322 e. The van der Waals surface area contributed by atoms with Crippen LogP contribution in [-0.4, -0.2) is 56.6 Å². The highest BCUT2D eigenvalue weighted by Gasteiger charge is 2.22. The molecule has 4 aromatic rings. The van der Waals surface area contributed by atoms with E-state index < -0.39 is 0 Å². The second-order valence-electron chi connectivity index (χ2n) is 8.16.